The molecular formula is C14H11BrN2OS. The number of benzene rings is 1. The van der Waals surface area contributed by atoms with E-state index < -0.39 is 0 Å². The molecule has 0 fully saturated rings. The van der Waals surface area contributed by atoms with Crippen LogP contribution < -0.4 is 0 Å². The molecule has 1 aromatic carbocycles. The van der Waals surface area contributed by atoms with Crippen LogP contribution in [0, 0.1) is 0 Å². The zero-order chi connectivity index (χ0) is 13.2. The molecule has 96 valence electrons. The molecule has 0 bridgehead atoms. The van der Waals surface area contributed by atoms with Gasteiger partial charge in [0, 0.05) is 21.2 Å². The molecule has 0 aliphatic carbocycles. The summed E-state index contributed by atoms with van der Waals surface area (Å²) < 4.78 is 2.94. The summed E-state index contributed by atoms with van der Waals surface area (Å²) in [5.41, 5.74) is 1.93. The summed E-state index contributed by atoms with van der Waals surface area (Å²) in [6.07, 6.45) is 2.20. The molecule has 0 amide bonds. The summed E-state index contributed by atoms with van der Waals surface area (Å²) in [5.74, 6) is 0.192. The fraction of sp³-hybridized carbons (Fsp3) is 0.143. The molecule has 5 heteroatoms. The van der Waals surface area contributed by atoms with Gasteiger partial charge < -0.3 is 4.57 Å². The van der Waals surface area contributed by atoms with Gasteiger partial charge in [-0.2, -0.15) is 0 Å². The van der Waals surface area contributed by atoms with E-state index in [1.165, 1.54) is 0 Å². The van der Waals surface area contributed by atoms with Crippen LogP contribution >= 0.6 is 27.3 Å². The molecule has 0 aliphatic rings. The van der Waals surface area contributed by atoms with Gasteiger partial charge in [-0.15, -0.1) is 11.3 Å². The van der Waals surface area contributed by atoms with Crippen LogP contribution in [-0.4, -0.2) is 15.3 Å². The van der Waals surface area contributed by atoms with Crippen LogP contribution in [-0.2, 0) is 17.8 Å². The standard InChI is InChI=1S/C14H11BrN2OS/c15-10-5-12(19-8-10)6-11(18)7-17-9-16-13-3-1-2-4-14(13)17/h1-5,8-9H,6-7H2. The van der Waals surface area contributed by atoms with Crippen molar-refractivity contribution in [1.29, 1.82) is 0 Å². The summed E-state index contributed by atoms with van der Waals surface area (Å²) in [5, 5.41) is 2.00. The number of ketones is 1. The number of rotatable bonds is 4. The smallest absolute Gasteiger partial charge is 0.157 e. The molecule has 2 aromatic heterocycles. The second kappa shape index (κ2) is 5.27. The van der Waals surface area contributed by atoms with Crippen molar-refractivity contribution in [3.8, 4) is 0 Å². The number of hydrogen-bond donors (Lipinski definition) is 0. The van der Waals surface area contributed by atoms with Crippen molar-refractivity contribution in [3.05, 3.63) is 51.4 Å². The van der Waals surface area contributed by atoms with E-state index >= 15 is 0 Å². The van der Waals surface area contributed by atoms with E-state index in [2.05, 4.69) is 20.9 Å². The second-order valence-electron chi connectivity index (χ2n) is 4.31. The maximum absolute atomic E-state index is 12.1. The Labute approximate surface area is 123 Å². The van der Waals surface area contributed by atoms with Crippen molar-refractivity contribution in [2.75, 3.05) is 0 Å². The number of imidazole rings is 1. The van der Waals surface area contributed by atoms with E-state index in [0.717, 1.165) is 20.4 Å². The summed E-state index contributed by atoms with van der Waals surface area (Å²) >= 11 is 5.00. The minimum Gasteiger partial charge on any atom is -0.323 e. The molecule has 2 heterocycles. The van der Waals surface area contributed by atoms with Crippen LogP contribution in [0.1, 0.15) is 4.88 Å². The van der Waals surface area contributed by atoms with Gasteiger partial charge in [-0.3, -0.25) is 4.79 Å². The molecule has 19 heavy (non-hydrogen) atoms. The number of aromatic nitrogens is 2. The lowest BCUT2D eigenvalue weighted by atomic mass is 10.2. The summed E-state index contributed by atoms with van der Waals surface area (Å²) in [6.45, 7) is 0.371. The fourth-order valence-electron chi connectivity index (χ4n) is 2.02. The maximum atomic E-state index is 12.1. The Morgan fingerprint density at radius 2 is 2.21 bits per heavy atom. The first-order chi connectivity index (χ1) is 9.22. The quantitative estimate of drug-likeness (QED) is 0.729. The average Bonchev–Trinajstić information content (AvgIpc) is 2.97. The average molecular weight is 335 g/mol. The number of carbonyl (C=O) groups is 1. The Bertz CT molecular complexity index is 732. The first kappa shape index (κ1) is 12.6. The first-order valence-electron chi connectivity index (χ1n) is 5.87. The Balaban J connectivity index is 1.76. The van der Waals surface area contributed by atoms with Crippen LogP contribution in [0.3, 0.4) is 0 Å². The van der Waals surface area contributed by atoms with Gasteiger partial charge in [0.15, 0.2) is 5.78 Å². The van der Waals surface area contributed by atoms with E-state index in [4.69, 9.17) is 0 Å². The molecule has 3 nitrogen and oxygen atoms in total. The number of Topliss-reactive ketones (excluding diaryl/α,β-unsaturated/α-hetero) is 1. The maximum Gasteiger partial charge on any atom is 0.157 e. The van der Waals surface area contributed by atoms with Crippen LogP contribution in [0.2, 0.25) is 0 Å². The van der Waals surface area contributed by atoms with Crippen LogP contribution in [0.15, 0.2) is 46.5 Å². The zero-order valence-corrected chi connectivity index (χ0v) is 12.4. The monoisotopic (exact) mass is 334 g/mol. The molecule has 3 aromatic rings. The molecule has 0 unspecified atom stereocenters. The van der Waals surface area contributed by atoms with E-state index in [1.54, 1.807) is 17.7 Å². The highest BCUT2D eigenvalue weighted by atomic mass is 79.9. The van der Waals surface area contributed by atoms with Gasteiger partial charge in [0.25, 0.3) is 0 Å². The summed E-state index contributed by atoms with van der Waals surface area (Å²) in [7, 11) is 0. The number of para-hydroxylation sites is 2. The van der Waals surface area contributed by atoms with Gasteiger partial charge in [-0.25, -0.2) is 4.98 Å². The highest BCUT2D eigenvalue weighted by Gasteiger charge is 2.09. The number of halogens is 1. The minimum absolute atomic E-state index is 0.192. The molecule has 0 saturated heterocycles. The van der Waals surface area contributed by atoms with E-state index in [9.17, 15) is 4.79 Å². The van der Waals surface area contributed by atoms with E-state index in [1.807, 2.05) is 40.3 Å². The number of thiophene rings is 1. The summed E-state index contributed by atoms with van der Waals surface area (Å²) in [4.78, 5) is 17.4. The Morgan fingerprint density at radius 3 is 3.00 bits per heavy atom. The van der Waals surface area contributed by atoms with Crippen molar-refractivity contribution in [3.63, 3.8) is 0 Å². The van der Waals surface area contributed by atoms with Crippen LogP contribution in [0.5, 0.6) is 0 Å². The fourth-order valence-corrected chi connectivity index (χ4v) is 3.50. The summed E-state index contributed by atoms with van der Waals surface area (Å²) in [6, 6.07) is 9.84. The SMILES string of the molecule is O=C(Cc1cc(Br)cs1)Cn1cnc2ccccc21. The molecule has 0 atom stereocenters. The number of hydrogen-bond acceptors (Lipinski definition) is 3. The molecule has 0 N–H and O–H groups in total. The zero-order valence-electron chi connectivity index (χ0n) is 10.0. The molecular weight excluding hydrogens is 324 g/mol. The van der Waals surface area contributed by atoms with Crippen LogP contribution in [0.4, 0.5) is 0 Å². The van der Waals surface area contributed by atoms with Crippen LogP contribution in [0.25, 0.3) is 11.0 Å². The lowest BCUT2D eigenvalue weighted by Crippen LogP contribution is -2.11. The lowest BCUT2D eigenvalue weighted by Gasteiger charge is -2.02. The van der Waals surface area contributed by atoms with Gasteiger partial charge >= 0.3 is 0 Å². The largest absolute Gasteiger partial charge is 0.323 e. The van der Waals surface area contributed by atoms with Gasteiger partial charge in [-0.1, -0.05) is 12.1 Å². The third-order valence-electron chi connectivity index (χ3n) is 2.87. The number of carbonyl (C=O) groups excluding carboxylic acids is 1. The van der Waals surface area contributed by atoms with E-state index in [0.29, 0.717) is 13.0 Å². The van der Waals surface area contributed by atoms with Crippen molar-refractivity contribution in [2.45, 2.75) is 13.0 Å². The van der Waals surface area contributed by atoms with Crippen molar-refractivity contribution in [1.82, 2.24) is 9.55 Å². The van der Waals surface area contributed by atoms with Crippen molar-refractivity contribution >= 4 is 44.1 Å². The Kier molecular flexibility index (Phi) is 3.48. The number of fused-ring (bicyclic) bond motifs is 1. The molecule has 0 saturated carbocycles. The predicted molar refractivity (Wildman–Crippen MR) is 80.5 cm³/mol. The van der Waals surface area contributed by atoms with Crippen molar-refractivity contribution in [2.24, 2.45) is 0 Å². The molecule has 0 aliphatic heterocycles. The van der Waals surface area contributed by atoms with Gasteiger partial charge in [-0.05, 0) is 34.1 Å². The van der Waals surface area contributed by atoms with Gasteiger partial charge in [0.05, 0.1) is 23.9 Å². The highest BCUT2D eigenvalue weighted by molar-refractivity contribution is 9.10. The van der Waals surface area contributed by atoms with Crippen molar-refractivity contribution < 1.29 is 4.79 Å². The third-order valence-corrected chi connectivity index (χ3v) is 4.56. The predicted octanol–water partition coefficient (Wildman–Crippen LogP) is 3.67. The minimum atomic E-state index is 0.192. The highest BCUT2D eigenvalue weighted by Crippen LogP contribution is 2.20. The first-order valence-corrected chi connectivity index (χ1v) is 7.54. The third kappa shape index (κ3) is 2.77. The lowest BCUT2D eigenvalue weighted by molar-refractivity contribution is -0.118. The molecule has 3 rings (SSSR count). The van der Waals surface area contributed by atoms with E-state index in [-0.39, 0.29) is 5.78 Å². The topological polar surface area (TPSA) is 34.9 Å². The molecule has 0 spiro atoms. The second-order valence-corrected chi connectivity index (χ2v) is 6.22. The molecule has 0 radical (unpaired) electrons. The Hall–Kier alpha value is -1.46. The normalized spacial score (nSPS) is 11.0. The van der Waals surface area contributed by atoms with Gasteiger partial charge in [0.2, 0.25) is 0 Å². The number of nitrogens with zero attached hydrogens (tertiary/aromatic N) is 2. The Morgan fingerprint density at radius 1 is 1.37 bits per heavy atom. The van der Waals surface area contributed by atoms with Gasteiger partial charge in [0.1, 0.15) is 0 Å².